The van der Waals surface area contributed by atoms with Gasteiger partial charge in [0, 0.05) is 19.4 Å². The Bertz CT molecular complexity index is 1430. The lowest BCUT2D eigenvalue weighted by Gasteiger charge is -2.11. The molecule has 0 saturated carbocycles. The van der Waals surface area contributed by atoms with Crippen LogP contribution in [-0.2, 0) is 23.2 Å². The van der Waals surface area contributed by atoms with Gasteiger partial charge in [0.1, 0.15) is 10.4 Å². The smallest absolute Gasteiger partial charge is 0.397 e. The molecule has 9 nitrogen and oxygen atoms in total. The quantitative estimate of drug-likeness (QED) is 0.487. The van der Waals surface area contributed by atoms with E-state index in [0.717, 1.165) is 31.9 Å². The van der Waals surface area contributed by atoms with Gasteiger partial charge in [-0.25, -0.2) is 14.3 Å². The zero-order valence-corrected chi connectivity index (χ0v) is 16.0. The maximum Gasteiger partial charge on any atom is 0.419 e. The molecule has 0 bridgehead atoms. The van der Waals surface area contributed by atoms with E-state index in [1.54, 1.807) is 0 Å². The van der Waals surface area contributed by atoms with Crippen molar-refractivity contribution < 1.29 is 21.6 Å². The van der Waals surface area contributed by atoms with E-state index in [-0.39, 0.29) is 27.3 Å². The first-order chi connectivity index (χ1) is 14.0. The van der Waals surface area contributed by atoms with Crippen LogP contribution in [0.15, 0.2) is 58.6 Å². The number of aromatic nitrogens is 5. The second kappa shape index (κ2) is 6.45. The van der Waals surface area contributed by atoms with Gasteiger partial charge in [-0.3, -0.25) is 4.79 Å². The molecule has 0 spiro atoms. The van der Waals surface area contributed by atoms with E-state index in [4.69, 9.17) is 5.73 Å². The Morgan fingerprint density at radius 1 is 1.10 bits per heavy atom. The van der Waals surface area contributed by atoms with Gasteiger partial charge in [-0.2, -0.15) is 30.8 Å². The summed E-state index contributed by atoms with van der Waals surface area (Å²) >= 11 is 0. The summed E-state index contributed by atoms with van der Waals surface area (Å²) in [5.74, 6) is -0.0183. The van der Waals surface area contributed by atoms with E-state index in [9.17, 15) is 26.4 Å². The standard InChI is InChI=1S/C17H13F3N6O3S/c1-24-16(27)12-3-2-4-13(21)15(12)26(24)30(28,29)11-5-6-14(22-8-11)25-9-10(7-23-25)17(18,19)20/h2-9H,21H2,1H3. The highest BCUT2D eigenvalue weighted by Crippen LogP contribution is 2.29. The first-order valence-electron chi connectivity index (χ1n) is 8.32. The van der Waals surface area contributed by atoms with E-state index in [1.807, 2.05) is 0 Å². The maximum absolute atomic E-state index is 13.2. The number of alkyl halides is 3. The lowest BCUT2D eigenvalue weighted by molar-refractivity contribution is -0.137. The summed E-state index contributed by atoms with van der Waals surface area (Å²) in [6, 6.07) is 6.81. The minimum Gasteiger partial charge on any atom is -0.397 e. The molecule has 2 N–H and O–H groups in total. The third-order valence-corrected chi connectivity index (χ3v) is 6.17. The highest BCUT2D eigenvalue weighted by molar-refractivity contribution is 7.90. The van der Waals surface area contributed by atoms with E-state index in [0.29, 0.717) is 6.20 Å². The molecule has 13 heteroatoms. The third kappa shape index (κ3) is 2.94. The Labute approximate surface area is 166 Å². The van der Waals surface area contributed by atoms with Crippen molar-refractivity contribution in [3.05, 3.63) is 64.8 Å². The Balaban J connectivity index is 1.80. The summed E-state index contributed by atoms with van der Waals surface area (Å²) in [5, 5.41) is 3.72. The fourth-order valence-corrected chi connectivity index (χ4v) is 4.46. The van der Waals surface area contributed by atoms with Gasteiger partial charge in [0.2, 0.25) is 0 Å². The number of hydrogen-bond acceptors (Lipinski definition) is 6. The lowest BCUT2D eigenvalue weighted by Crippen LogP contribution is -2.25. The second-order valence-electron chi connectivity index (χ2n) is 6.34. The molecule has 0 fully saturated rings. The summed E-state index contributed by atoms with van der Waals surface area (Å²) in [6.45, 7) is 0. The van der Waals surface area contributed by atoms with Gasteiger partial charge < -0.3 is 5.73 Å². The number of nitrogen functional groups attached to an aromatic ring is 1. The zero-order valence-electron chi connectivity index (χ0n) is 15.2. The Hall–Kier alpha value is -3.61. The number of rotatable bonds is 3. The maximum atomic E-state index is 13.2. The molecule has 4 rings (SSSR count). The Morgan fingerprint density at radius 3 is 2.43 bits per heavy atom. The van der Waals surface area contributed by atoms with E-state index in [2.05, 4.69) is 10.1 Å². The van der Waals surface area contributed by atoms with E-state index < -0.39 is 27.3 Å². The summed E-state index contributed by atoms with van der Waals surface area (Å²) in [7, 11) is -3.01. The molecule has 0 aliphatic rings. The zero-order chi connectivity index (χ0) is 21.8. The van der Waals surface area contributed by atoms with Gasteiger partial charge in [0.15, 0.2) is 5.82 Å². The average Bonchev–Trinajstić information content (AvgIpc) is 3.28. The number of nitrogens with two attached hydrogens (primary N) is 1. The van der Waals surface area contributed by atoms with Gasteiger partial charge in [-0.1, -0.05) is 6.07 Å². The molecule has 156 valence electrons. The fourth-order valence-electron chi connectivity index (χ4n) is 2.99. The molecule has 4 aromatic rings. The minimum absolute atomic E-state index is 0.0183. The normalized spacial score (nSPS) is 12.5. The third-order valence-electron chi connectivity index (χ3n) is 4.45. The highest BCUT2D eigenvalue weighted by atomic mass is 32.2. The molecule has 3 heterocycles. The highest BCUT2D eigenvalue weighted by Gasteiger charge is 2.32. The van der Waals surface area contributed by atoms with Crippen molar-refractivity contribution in [3.8, 4) is 5.82 Å². The van der Waals surface area contributed by atoms with Crippen molar-refractivity contribution in [1.82, 2.24) is 23.5 Å². The lowest BCUT2D eigenvalue weighted by atomic mass is 10.2. The van der Waals surface area contributed by atoms with Crippen LogP contribution in [0.5, 0.6) is 0 Å². The molecule has 0 amide bonds. The molecular formula is C17H13F3N6O3S. The average molecular weight is 438 g/mol. The summed E-state index contributed by atoms with van der Waals surface area (Å²) in [6.07, 6.45) is -2.23. The van der Waals surface area contributed by atoms with Crippen LogP contribution < -0.4 is 11.3 Å². The molecule has 0 aliphatic heterocycles. The van der Waals surface area contributed by atoms with Crippen molar-refractivity contribution in [1.29, 1.82) is 0 Å². The largest absolute Gasteiger partial charge is 0.419 e. The topological polar surface area (TPSA) is 118 Å². The molecule has 0 saturated heterocycles. The van der Waals surface area contributed by atoms with Crippen molar-refractivity contribution >= 4 is 26.6 Å². The first kappa shape index (κ1) is 19.7. The van der Waals surface area contributed by atoms with Crippen LogP contribution in [0.1, 0.15) is 5.56 Å². The van der Waals surface area contributed by atoms with Crippen LogP contribution in [0, 0.1) is 0 Å². The number of hydrogen-bond donors (Lipinski definition) is 1. The predicted octanol–water partition coefficient (Wildman–Crippen LogP) is 1.76. The number of pyridine rings is 1. The van der Waals surface area contributed by atoms with Gasteiger partial charge in [-0.05, 0) is 24.3 Å². The molecule has 1 aromatic carbocycles. The molecular weight excluding hydrogens is 425 g/mol. The van der Waals surface area contributed by atoms with Crippen LogP contribution in [0.4, 0.5) is 18.9 Å². The predicted molar refractivity (Wildman–Crippen MR) is 101 cm³/mol. The molecule has 0 aliphatic carbocycles. The summed E-state index contributed by atoms with van der Waals surface area (Å²) in [4.78, 5) is 16.0. The molecule has 0 unspecified atom stereocenters. The van der Waals surface area contributed by atoms with Crippen molar-refractivity contribution in [3.63, 3.8) is 0 Å². The Morgan fingerprint density at radius 2 is 1.83 bits per heavy atom. The Kier molecular flexibility index (Phi) is 4.23. The van der Waals surface area contributed by atoms with Gasteiger partial charge in [-0.15, -0.1) is 0 Å². The molecule has 0 atom stereocenters. The van der Waals surface area contributed by atoms with Crippen LogP contribution in [0.25, 0.3) is 16.7 Å². The fraction of sp³-hybridized carbons (Fsp3) is 0.118. The van der Waals surface area contributed by atoms with Gasteiger partial charge in [0.05, 0.1) is 22.8 Å². The first-order valence-corrected chi connectivity index (χ1v) is 9.76. The molecule has 3 aromatic heterocycles. The number of fused-ring (bicyclic) bond motifs is 1. The molecule has 0 radical (unpaired) electrons. The monoisotopic (exact) mass is 438 g/mol. The van der Waals surface area contributed by atoms with E-state index >= 15 is 0 Å². The molecule has 30 heavy (non-hydrogen) atoms. The van der Waals surface area contributed by atoms with Crippen molar-refractivity contribution in [2.45, 2.75) is 11.1 Å². The van der Waals surface area contributed by atoms with Gasteiger partial charge >= 0.3 is 6.18 Å². The van der Waals surface area contributed by atoms with Gasteiger partial charge in [0.25, 0.3) is 15.6 Å². The number of halogens is 3. The number of para-hydroxylation sites is 1. The second-order valence-corrected chi connectivity index (χ2v) is 8.11. The van der Waals surface area contributed by atoms with Crippen LogP contribution in [0.3, 0.4) is 0 Å². The van der Waals surface area contributed by atoms with Crippen molar-refractivity contribution in [2.75, 3.05) is 5.73 Å². The van der Waals surface area contributed by atoms with Crippen LogP contribution in [0.2, 0.25) is 0 Å². The summed E-state index contributed by atoms with van der Waals surface area (Å²) in [5.41, 5.74) is 4.49. The van der Waals surface area contributed by atoms with Crippen molar-refractivity contribution in [2.24, 2.45) is 7.05 Å². The van der Waals surface area contributed by atoms with Crippen LogP contribution in [-0.4, -0.2) is 32.0 Å². The number of nitrogens with zero attached hydrogens (tertiary/aromatic N) is 5. The number of benzene rings is 1. The number of anilines is 1. The minimum atomic E-state index is -4.57. The summed E-state index contributed by atoms with van der Waals surface area (Å²) < 4.78 is 67.1. The van der Waals surface area contributed by atoms with E-state index in [1.165, 1.54) is 31.3 Å². The van der Waals surface area contributed by atoms with Crippen LogP contribution >= 0.6 is 0 Å². The SMILES string of the molecule is Cn1c(=O)c2cccc(N)c2n1S(=O)(=O)c1ccc(-n2cc(C(F)(F)F)cn2)nc1.